The molecule has 0 aromatic heterocycles. The quantitative estimate of drug-likeness (QED) is 0.0441. The Bertz CT molecular complexity index is 1560. The molecule has 0 fully saturated rings. The second-order valence-corrected chi connectivity index (χ2v) is 9.44. The first-order valence-corrected chi connectivity index (χ1v) is 13.9. The van der Waals surface area contributed by atoms with Crippen LogP contribution >= 0.6 is 0 Å². The zero-order valence-corrected chi connectivity index (χ0v) is 25.9. The van der Waals surface area contributed by atoms with E-state index in [-0.39, 0.29) is 49.1 Å². The van der Waals surface area contributed by atoms with Crippen molar-refractivity contribution in [3.8, 4) is 11.5 Å². The molecule has 0 saturated heterocycles. The molecule has 0 saturated carbocycles. The van der Waals surface area contributed by atoms with Crippen molar-refractivity contribution in [3.05, 3.63) is 82.1 Å². The summed E-state index contributed by atoms with van der Waals surface area (Å²) in [6, 6.07) is 5.44. The van der Waals surface area contributed by atoms with Crippen LogP contribution in [0.15, 0.2) is 70.8 Å². The SMILES string of the molecule is C=CCOc1cc(C(N)=O)cc([N+](=O)[O-])c1NC/C=C/CN(CNC(=O)C(/C=C(/C)N)=NCC)c1c(N=C)cc(C=O)cc1OC. The number of nitro groups is 1. The number of hydrogen-bond donors (Lipinski definition) is 4. The molecule has 15 nitrogen and oxygen atoms in total. The van der Waals surface area contributed by atoms with E-state index in [0.29, 0.717) is 41.2 Å². The Morgan fingerprint density at radius 1 is 1.17 bits per heavy atom. The Morgan fingerprint density at radius 2 is 1.91 bits per heavy atom. The normalized spacial score (nSPS) is 11.5. The van der Waals surface area contributed by atoms with Gasteiger partial charge in [-0.3, -0.25) is 34.5 Å². The number of carbonyl (C=O) groups excluding carboxylic acids is 3. The van der Waals surface area contributed by atoms with Gasteiger partial charge < -0.3 is 36.5 Å². The van der Waals surface area contributed by atoms with Crippen LogP contribution < -0.4 is 36.5 Å². The van der Waals surface area contributed by atoms with E-state index < -0.39 is 22.4 Å². The number of nitrogens with zero attached hydrogens (tertiary/aromatic N) is 4. The number of amides is 2. The van der Waals surface area contributed by atoms with Gasteiger partial charge in [-0.05, 0) is 44.8 Å². The van der Waals surface area contributed by atoms with E-state index in [1.807, 2.05) is 0 Å². The van der Waals surface area contributed by atoms with Crippen LogP contribution in [0, 0.1) is 10.1 Å². The minimum absolute atomic E-state index is 0.0281. The summed E-state index contributed by atoms with van der Waals surface area (Å²) in [6.07, 6.45) is 6.99. The molecule has 0 radical (unpaired) electrons. The summed E-state index contributed by atoms with van der Waals surface area (Å²) in [5.41, 5.74) is 12.3. The number of aldehydes is 1. The van der Waals surface area contributed by atoms with Crippen LogP contribution in [0.4, 0.5) is 22.7 Å². The summed E-state index contributed by atoms with van der Waals surface area (Å²) in [7, 11) is 1.43. The summed E-state index contributed by atoms with van der Waals surface area (Å²) in [5.74, 6) is -0.967. The highest BCUT2D eigenvalue weighted by atomic mass is 16.6. The maximum absolute atomic E-state index is 13.0. The van der Waals surface area contributed by atoms with Crippen LogP contribution in [0.5, 0.6) is 11.5 Å². The molecule has 2 aromatic rings. The molecular formula is C31H38N8O7. The zero-order chi connectivity index (χ0) is 34.2. The Kier molecular flexibility index (Phi) is 14.1. The smallest absolute Gasteiger partial charge is 0.296 e. The van der Waals surface area contributed by atoms with Crippen molar-refractivity contribution in [1.82, 2.24) is 5.32 Å². The van der Waals surface area contributed by atoms with Crippen molar-refractivity contribution in [2.75, 3.05) is 50.2 Å². The van der Waals surface area contributed by atoms with Crippen LogP contribution in [0.3, 0.4) is 0 Å². The van der Waals surface area contributed by atoms with Gasteiger partial charge in [-0.15, -0.1) is 0 Å². The summed E-state index contributed by atoms with van der Waals surface area (Å²) in [6.45, 7) is 11.2. The fraction of sp³-hybridized carbons (Fsp3) is 0.258. The van der Waals surface area contributed by atoms with Gasteiger partial charge in [0.2, 0.25) is 5.91 Å². The maximum Gasteiger partial charge on any atom is 0.296 e. The molecule has 0 atom stereocenters. The van der Waals surface area contributed by atoms with Gasteiger partial charge in [0.25, 0.3) is 11.6 Å². The molecule has 0 aliphatic rings. The highest BCUT2D eigenvalue weighted by molar-refractivity contribution is 6.43. The number of allylic oxidation sites excluding steroid dienone is 1. The fourth-order valence-corrected chi connectivity index (χ4v) is 4.11. The molecule has 2 amide bonds. The largest absolute Gasteiger partial charge is 0.494 e. The third-order valence-electron chi connectivity index (χ3n) is 6.08. The predicted molar refractivity (Wildman–Crippen MR) is 179 cm³/mol. The van der Waals surface area contributed by atoms with Gasteiger partial charge >= 0.3 is 0 Å². The van der Waals surface area contributed by atoms with Crippen molar-refractivity contribution < 1.29 is 28.8 Å². The average Bonchev–Trinajstić information content (AvgIpc) is 3.03. The third-order valence-corrected chi connectivity index (χ3v) is 6.08. The van der Waals surface area contributed by atoms with Crippen molar-refractivity contribution in [3.63, 3.8) is 0 Å². The number of nitrogens with two attached hydrogens (primary N) is 2. The van der Waals surface area contributed by atoms with Gasteiger partial charge in [0, 0.05) is 42.5 Å². The number of aliphatic imine (C=N–C) groups is 2. The van der Waals surface area contributed by atoms with Crippen LogP contribution in [-0.4, -0.2) is 75.5 Å². The van der Waals surface area contributed by atoms with Crippen molar-refractivity contribution in [1.29, 1.82) is 0 Å². The van der Waals surface area contributed by atoms with Gasteiger partial charge in [0.1, 0.15) is 30.0 Å². The first kappa shape index (κ1) is 36.2. The number of primary amides is 1. The zero-order valence-electron chi connectivity index (χ0n) is 25.9. The number of methoxy groups -OCH3 is 1. The Hall–Kier alpha value is -5.99. The van der Waals surface area contributed by atoms with Crippen LogP contribution in [0.2, 0.25) is 0 Å². The number of carbonyl (C=O) groups is 3. The molecule has 2 aromatic carbocycles. The van der Waals surface area contributed by atoms with E-state index in [1.54, 1.807) is 30.9 Å². The second-order valence-electron chi connectivity index (χ2n) is 9.44. The highest BCUT2D eigenvalue weighted by Gasteiger charge is 2.23. The molecule has 0 aliphatic carbocycles. The predicted octanol–water partition coefficient (Wildman–Crippen LogP) is 3.28. The van der Waals surface area contributed by atoms with E-state index in [1.165, 1.54) is 37.5 Å². The standard InChI is InChI=1S/C31H38N8O7/c1-6-12-46-26-17-22(30(33)41)16-25(39(43)44)28(26)36-10-8-9-11-38(19-37-31(42)24(35-7-2)13-20(3)32)29-23(34-4)14-21(18-40)15-27(29)45-5/h6,8-9,13-18,36H,1,4,7,10-12,19,32H2,2-3,5H3,(H2,33,41)(H,37,42)/b9-8+,20-13-,35-24?. The maximum atomic E-state index is 13.0. The lowest BCUT2D eigenvalue weighted by Crippen LogP contribution is -2.41. The number of benzene rings is 2. The molecule has 15 heteroatoms. The van der Waals surface area contributed by atoms with Gasteiger partial charge in [0.05, 0.1) is 24.4 Å². The summed E-state index contributed by atoms with van der Waals surface area (Å²) in [4.78, 5) is 57.4. The monoisotopic (exact) mass is 634 g/mol. The van der Waals surface area contributed by atoms with E-state index in [4.69, 9.17) is 20.9 Å². The lowest BCUT2D eigenvalue weighted by atomic mass is 10.1. The molecule has 0 aliphatic heterocycles. The number of ether oxygens (including phenoxy) is 2. The van der Waals surface area contributed by atoms with Crippen LogP contribution in [-0.2, 0) is 4.79 Å². The van der Waals surface area contributed by atoms with E-state index >= 15 is 0 Å². The number of anilines is 2. The fourth-order valence-electron chi connectivity index (χ4n) is 4.11. The Balaban J connectivity index is 2.42. The van der Waals surface area contributed by atoms with Gasteiger partial charge in [0.15, 0.2) is 11.4 Å². The molecule has 244 valence electrons. The van der Waals surface area contributed by atoms with Gasteiger partial charge in [-0.1, -0.05) is 24.8 Å². The molecule has 6 N–H and O–H groups in total. The first-order valence-electron chi connectivity index (χ1n) is 13.9. The first-order chi connectivity index (χ1) is 22.0. The molecular weight excluding hydrogens is 596 g/mol. The van der Waals surface area contributed by atoms with E-state index in [0.717, 1.165) is 6.07 Å². The summed E-state index contributed by atoms with van der Waals surface area (Å²) in [5, 5.41) is 17.6. The minimum atomic E-state index is -0.850. The molecule has 46 heavy (non-hydrogen) atoms. The van der Waals surface area contributed by atoms with Gasteiger partial charge in [-0.25, -0.2) is 0 Å². The summed E-state index contributed by atoms with van der Waals surface area (Å²) >= 11 is 0. The van der Waals surface area contributed by atoms with Crippen molar-refractivity contribution in [2.24, 2.45) is 21.5 Å². The second kappa shape index (κ2) is 18.0. The third kappa shape index (κ3) is 10.0. The van der Waals surface area contributed by atoms with Crippen LogP contribution in [0.1, 0.15) is 34.6 Å². The topological polar surface area (TPSA) is 217 Å². The number of hydrogen-bond acceptors (Lipinski definition) is 12. The van der Waals surface area contributed by atoms with E-state index in [9.17, 15) is 24.5 Å². The Labute approximate surface area is 266 Å². The molecule has 2 rings (SSSR count). The molecule has 0 spiro atoms. The number of rotatable bonds is 19. The highest BCUT2D eigenvalue weighted by Crippen LogP contribution is 2.39. The lowest BCUT2D eigenvalue weighted by molar-refractivity contribution is -0.384. The van der Waals surface area contributed by atoms with Crippen LogP contribution in [0.25, 0.3) is 0 Å². The molecule has 0 heterocycles. The van der Waals surface area contributed by atoms with Crippen molar-refractivity contribution >= 4 is 53.3 Å². The Morgan fingerprint density at radius 3 is 2.48 bits per heavy atom. The number of nitro benzene ring substituents is 1. The average molecular weight is 635 g/mol. The lowest BCUT2D eigenvalue weighted by Gasteiger charge is -2.27. The van der Waals surface area contributed by atoms with Crippen molar-refractivity contribution in [2.45, 2.75) is 13.8 Å². The molecule has 0 unspecified atom stereocenters. The molecule has 0 bridgehead atoms. The van der Waals surface area contributed by atoms with E-state index in [2.05, 4.69) is 33.9 Å². The minimum Gasteiger partial charge on any atom is -0.494 e. The van der Waals surface area contributed by atoms with Gasteiger partial charge in [-0.2, -0.15) is 0 Å². The number of nitrogens with one attached hydrogen (secondary N) is 2. The summed E-state index contributed by atoms with van der Waals surface area (Å²) < 4.78 is 11.1.